The highest BCUT2D eigenvalue weighted by atomic mass is 32.2. The van der Waals surface area contributed by atoms with Crippen molar-refractivity contribution in [3.63, 3.8) is 0 Å². The van der Waals surface area contributed by atoms with E-state index in [2.05, 4.69) is 35.7 Å². The Bertz CT molecular complexity index is 1400. The maximum atomic E-state index is 14.5. The van der Waals surface area contributed by atoms with Crippen molar-refractivity contribution in [2.75, 3.05) is 18.1 Å². The van der Waals surface area contributed by atoms with Crippen LogP contribution in [0.4, 0.5) is 10.2 Å². The second-order valence-electron chi connectivity index (χ2n) is 10.3. The van der Waals surface area contributed by atoms with E-state index in [1.807, 2.05) is 18.7 Å². The van der Waals surface area contributed by atoms with Crippen molar-refractivity contribution >= 4 is 21.7 Å². The molecule has 0 radical (unpaired) electrons. The summed E-state index contributed by atoms with van der Waals surface area (Å²) < 4.78 is 47.6. The van der Waals surface area contributed by atoms with Gasteiger partial charge in [0.1, 0.15) is 17.4 Å². The van der Waals surface area contributed by atoms with Gasteiger partial charge in [-0.05, 0) is 62.4 Å². The van der Waals surface area contributed by atoms with Gasteiger partial charge in [0, 0.05) is 25.1 Å². The van der Waals surface area contributed by atoms with Crippen LogP contribution in [0.1, 0.15) is 52.8 Å². The fourth-order valence-electron chi connectivity index (χ4n) is 4.28. The van der Waals surface area contributed by atoms with Gasteiger partial charge in [-0.1, -0.05) is 20.8 Å². The molecule has 9 nitrogen and oxygen atoms in total. The summed E-state index contributed by atoms with van der Waals surface area (Å²) in [5, 5.41) is 5.77. The molecular formula is C26H34FN5O4S. The molecule has 11 heteroatoms. The molecule has 1 fully saturated rings. The summed E-state index contributed by atoms with van der Waals surface area (Å²) in [4.78, 5) is 20.0. The van der Waals surface area contributed by atoms with Crippen molar-refractivity contribution in [3.8, 4) is 17.0 Å². The van der Waals surface area contributed by atoms with Gasteiger partial charge < -0.3 is 9.64 Å². The van der Waals surface area contributed by atoms with Gasteiger partial charge in [0.15, 0.2) is 5.03 Å². The number of ether oxygens (including phenoxy) is 1. The zero-order valence-corrected chi connectivity index (χ0v) is 22.4. The van der Waals surface area contributed by atoms with Gasteiger partial charge >= 0.3 is 0 Å². The van der Waals surface area contributed by atoms with Crippen molar-refractivity contribution in [1.29, 1.82) is 0 Å². The van der Waals surface area contributed by atoms with Crippen LogP contribution in [0.2, 0.25) is 0 Å². The lowest BCUT2D eigenvalue weighted by Crippen LogP contribution is -2.43. The average Bonchev–Trinajstić information content (AvgIpc) is 3.46. The Morgan fingerprint density at radius 2 is 2.05 bits per heavy atom. The number of benzene rings is 1. The predicted octanol–water partition coefficient (Wildman–Crippen LogP) is 4.64. The van der Waals surface area contributed by atoms with Crippen LogP contribution in [0.5, 0.6) is 5.75 Å². The number of carbonyl (C=O) groups is 1. The lowest BCUT2D eigenvalue weighted by atomic mass is 9.90. The van der Waals surface area contributed by atoms with Gasteiger partial charge in [0.05, 0.1) is 24.1 Å². The molecule has 2 aromatic heterocycles. The Labute approximate surface area is 218 Å². The molecule has 1 amide bonds. The number of hydrogen-bond donors (Lipinski definition) is 2. The lowest BCUT2D eigenvalue weighted by Gasteiger charge is -2.36. The molecule has 1 unspecified atom stereocenters. The van der Waals surface area contributed by atoms with E-state index >= 15 is 0 Å². The van der Waals surface area contributed by atoms with E-state index in [9.17, 15) is 17.6 Å². The molecule has 0 aliphatic carbocycles. The third kappa shape index (κ3) is 5.61. The quantitative estimate of drug-likeness (QED) is 0.435. The zero-order chi connectivity index (χ0) is 27.0. The fraction of sp³-hybridized carbons (Fsp3) is 0.423. The molecule has 3 heterocycles. The Kier molecular flexibility index (Phi) is 7.27. The Morgan fingerprint density at radius 3 is 2.68 bits per heavy atom. The van der Waals surface area contributed by atoms with Crippen LogP contribution in [0, 0.1) is 17.7 Å². The van der Waals surface area contributed by atoms with Crippen LogP contribution in [-0.4, -0.2) is 48.2 Å². The number of rotatable bonds is 8. The molecule has 2 N–H and O–H groups in total. The first-order chi connectivity index (χ1) is 17.4. The Hall–Kier alpha value is -3.47. The van der Waals surface area contributed by atoms with Crippen LogP contribution >= 0.6 is 0 Å². The Balaban J connectivity index is 0.00000400. The highest BCUT2D eigenvalue weighted by Crippen LogP contribution is 2.39. The number of pyridine rings is 1. The number of H-pyrrole nitrogens is 1. The minimum absolute atomic E-state index is 0. The van der Waals surface area contributed by atoms with Crippen LogP contribution in [0.25, 0.3) is 11.3 Å². The van der Waals surface area contributed by atoms with Crippen molar-refractivity contribution in [3.05, 3.63) is 54.0 Å². The first kappa shape index (κ1) is 26.6. The minimum Gasteiger partial charge on any atom is -0.493 e. The minimum atomic E-state index is -4.16. The van der Waals surface area contributed by atoms with Gasteiger partial charge in [0.2, 0.25) is 0 Å². The number of nitrogens with zero attached hydrogens (tertiary/aromatic N) is 3. The van der Waals surface area contributed by atoms with Crippen molar-refractivity contribution in [2.45, 2.75) is 51.6 Å². The summed E-state index contributed by atoms with van der Waals surface area (Å²) in [6, 6.07) is 8.74. The van der Waals surface area contributed by atoms with Gasteiger partial charge in [-0.2, -0.15) is 13.5 Å². The monoisotopic (exact) mass is 531 g/mol. The summed E-state index contributed by atoms with van der Waals surface area (Å²) >= 11 is 0. The number of carbonyl (C=O) groups excluding carboxylic acids is 1. The number of hydrogen-bond acceptors (Lipinski definition) is 7. The van der Waals surface area contributed by atoms with Crippen LogP contribution < -0.4 is 14.4 Å². The second-order valence-corrected chi connectivity index (χ2v) is 11.9. The van der Waals surface area contributed by atoms with Crippen molar-refractivity contribution < 1.29 is 23.8 Å². The fourth-order valence-corrected chi connectivity index (χ4v) is 5.16. The molecule has 0 bridgehead atoms. The first-order valence-corrected chi connectivity index (χ1v) is 13.7. The average molecular weight is 532 g/mol. The highest BCUT2D eigenvalue weighted by molar-refractivity contribution is 7.90. The summed E-state index contributed by atoms with van der Waals surface area (Å²) in [7, 11) is -4.16. The maximum absolute atomic E-state index is 14.5. The number of nitrogens with one attached hydrogen (secondary N) is 2. The molecule has 37 heavy (non-hydrogen) atoms. The largest absolute Gasteiger partial charge is 0.493 e. The van der Waals surface area contributed by atoms with E-state index in [4.69, 9.17) is 9.72 Å². The van der Waals surface area contributed by atoms with E-state index in [1.165, 1.54) is 30.5 Å². The number of anilines is 1. The van der Waals surface area contributed by atoms with E-state index in [-0.39, 0.29) is 23.5 Å². The molecular weight excluding hydrogens is 497 g/mol. The molecule has 200 valence electrons. The molecule has 0 saturated carbocycles. The van der Waals surface area contributed by atoms with E-state index in [1.54, 1.807) is 12.1 Å². The topological polar surface area (TPSA) is 117 Å². The number of halogens is 1. The molecule has 1 aromatic carbocycles. The SMILES string of the molecule is CC(C)COc1cc(F)cc(-c2ccc(C(=O)NS(=O)(=O)c3ccn[nH]3)c(N3CCC(C)C3(C)C)n2)c1.[HH]. The number of sulfonamides is 1. The number of amides is 1. The first-order valence-electron chi connectivity index (χ1n) is 12.2. The second kappa shape index (κ2) is 10.1. The normalized spacial score (nSPS) is 17.3. The third-order valence-corrected chi connectivity index (χ3v) is 8.07. The van der Waals surface area contributed by atoms with Gasteiger partial charge in [0.25, 0.3) is 15.9 Å². The van der Waals surface area contributed by atoms with Gasteiger partial charge in [-0.3, -0.25) is 9.89 Å². The standard InChI is InChI=1S/C26H32FN5O4S.H2/c1-16(2)15-36-20-13-18(12-19(27)14-20)22-7-6-21(24(29-22)32-11-9-17(3)26(32,4)5)25(33)31-37(34,35)23-8-10-28-30-23;/h6-8,10,12-14,16-17H,9,11,15H2,1-5H3,(H,28,30)(H,31,33);1H. The summed E-state index contributed by atoms with van der Waals surface area (Å²) in [6.07, 6.45) is 2.16. The summed E-state index contributed by atoms with van der Waals surface area (Å²) in [5.74, 6) is -0.00594. The van der Waals surface area contributed by atoms with Crippen molar-refractivity contribution in [1.82, 2.24) is 19.9 Å². The Morgan fingerprint density at radius 1 is 1.30 bits per heavy atom. The highest BCUT2D eigenvalue weighted by Gasteiger charge is 2.41. The summed E-state index contributed by atoms with van der Waals surface area (Å²) in [5.41, 5.74) is 0.673. The predicted molar refractivity (Wildman–Crippen MR) is 141 cm³/mol. The smallest absolute Gasteiger partial charge is 0.281 e. The van der Waals surface area contributed by atoms with Crippen LogP contribution in [-0.2, 0) is 10.0 Å². The van der Waals surface area contributed by atoms with E-state index in [0.29, 0.717) is 41.9 Å². The molecule has 0 spiro atoms. The van der Waals surface area contributed by atoms with Crippen LogP contribution in [0.3, 0.4) is 0 Å². The summed E-state index contributed by atoms with van der Waals surface area (Å²) in [6.45, 7) is 11.3. The molecule has 3 aromatic rings. The third-order valence-electron chi connectivity index (χ3n) is 6.80. The molecule has 1 atom stereocenters. The molecule has 1 aliphatic heterocycles. The maximum Gasteiger partial charge on any atom is 0.281 e. The van der Waals surface area contributed by atoms with E-state index < -0.39 is 21.7 Å². The van der Waals surface area contributed by atoms with Crippen LogP contribution in [0.15, 0.2) is 47.6 Å². The number of aromatic amines is 1. The van der Waals surface area contributed by atoms with Gasteiger partial charge in [-0.15, -0.1) is 0 Å². The molecule has 1 aliphatic rings. The molecule has 4 rings (SSSR count). The van der Waals surface area contributed by atoms with Gasteiger partial charge in [-0.25, -0.2) is 14.1 Å². The lowest BCUT2D eigenvalue weighted by molar-refractivity contribution is 0.0981. The van der Waals surface area contributed by atoms with Crippen molar-refractivity contribution in [2.24, 2.45) is 11.8 Å². The number of aromatic nitrogens is 3. The zero-order valence-electron chi connectivity index (χ0n) is 21.6. The van der Waals surface area contributed by atoms with E-state index in [0.717, 1.165) is 6.42 Å². The molecule has 1 saturated heterocycles.